The van der Waals surface area contributed by atoms with Crippen molar-refractivity contribution in [1.29, 1.82) is 0 Å². The molecule has 0 fully saturated rings. The zero-order chi connectivity index (χ0) is 19.5. The van der Waals surface area contributed by atoms with Gasteiger partial charge < -0.3 is 5.32 Å². The molecule has 0 spiro atoms. The molecule has 4 nitrogen and oxygen atoms in total. The van der Waals surface area contributed by atoms with Crippen LogP contribution in [0.2, 0.25) is 5.02 Å². The van der Waals surface area contributed by atoms with Crippen LogP contribution in [0.15, 0.2) is 54.7 Å². The van der Waals surface area contributed by atoms with Crippen molar-refractivity contribution in [2.24, 2.45) is 0 Å². The van der Waals surface area contributed by atoms with Crippen LogP contribution in [0.25, 0.3) is 5.69 Å². The van der Waals surface area contributed by atoms with E-state index in [-0.39, 0.29) is 11.9 Å². The summed E-state index contributed by atoms with van der Waals surface area (Å²) in [4.78, 5) is 13.1. The summed E-state index contributed by atoms with van der Waals surface area (Å²) in [5.74, 6) is -0.0506. The van der Waals surface area contributed by atoms with Gasteiger partial charge in [-0.1, -0.05) is 49.2 Å². The number of carbonyl (C=O) groups is 1. The molecule has 1 amide bonds. The number of rotatable bonds is 5. The van der Waals surface area contributed by atoms with Gasteiger partial charge in [0.25, 0.3) is 5.91 Å². The van der Waals surface area contributed by atoms with E-state index in [2.05, 4.69) is 35.5 Å². The van der Waals surface area contributed by atoms with Crippen molar-refractivity contribution in [1.82, 2.24) is 15.1 Å². The van der Waals surface area contributed by atoms with Gasteiger partial charge in [-0.3, -0.25) is 4.79 Å². The number of aryl methyl sites for hydroxylation is 1. The fourth-order valence-electron chi connectivity index (χ4n) is 3.99. The number of benzene rings is 2. The summed E-state index contributed by atoms with van der Waals surface area (Å²) in [6.45, 7) is 2.11. The van der Waals surface area contributed by atoms with Crippen LogP contribution >= 0.6 is 11.6 Å². The van der Waals surface area contributed by atoms with Crippen LogP contribution < -0.4 is 5.32 Å². The predicted molar refractivity (Wildman–Crippen MR) is 112 cm³/mol. The Hall–Kier alpha value is -2.59. The van der Waals surface area contributed by atoms with Crippen molar-refractivity contribution < 1.29 is 4.79 Å². The number of fused-ring (bicyclic) bond motifs is 1. The van der Waals surface area contributed by atoms with Gasteiger partial charge in [0.2, 0.25) is 0 Å². The van der Waals surface area contributed by atoms with Gasteiger partial charge in [0.15, 0.2) is 0 Å². The first-order valence-electron chi connectivity index (χ1n) is 9.89. The Balaban J connectivity index is 1.62. The summed E-state index contributed by atoms with van der Waals surface area (Å²) in [7, 11) is 0. The summed E-state index contributed by atoms with van der Waals surface area (Å²) in [5.41, 5.74) is 5.08. The maximum atomic E-state index is 13.1. The number of hydrogen-bond donors (Lipinski definition) is 1. The van der Waals surface area contributed by atoms with Gasteiger partial charge in [0, 0.05) is 5.02 Å². The van der Waals surface area contributed by atoms with E-state index >= 15 is 0 Å². The molecule has 1 atom stereocenters. The minimum absolute atomic E-state index is 0.0506. The summed E-state index contributed by atoms with van der Waals surface area (Å²) < 4.78 is 1.85. The van der Waals surface area contributed by atoms with Crippen LogP contribution in [0.3, 0.4) is 0 Å². The standard InChI is InChI=1S/C23H24ClN3O/c1-2-6-22-20(15-25-27(22)18-13-11-17(24)12-14-18)23(28)26-21-10-5-8-16-7-3-4-9-19(16)21/h3-4,7,9,11-15,21H,2,5-6,8,10H2,1H3,(H,26,28). The second-order valence-corrected chi connectivity index (χ2v) is 7.70. The topological polar surface area (TPSA) is 46.9 Å². The lowest BCUT2D eigenvalue weighted by molar-refractivity contribution is 0.0931. The Labute approximate surface area is 170 Å². The second kappa shape index (κ2) is 8.19. The van der Waals surface area contributed by atoms with E-state index in [1.807, 2.05) is 35.0 Å². The largest absolute Gasteiger partial charge is 0.345 e. The molecule has 144 valence electrons. The first-order chi connectivity index (χ1) is 13.7. The SMILES string of the molecule is CCCc1c(C(=O)NC2CCCc3ccccc32)cnn1-c1ccc(Cl)cc1. The first-order valence-corrected chi connectivity index (χ1v) is 10.3. The average molecular weight is 394 g/mol. The number of aromatic nitrogens is 2. The number of nitrogens with one attached hydrogen (secondary N) is 1. The Bertz CT molecular complexity index is 978. The van der Waals surface area contributed by atoms with Crippen molar-refractivity contribution in [3.05, 3.63) is 82.1 Å². The third kappa shape index (κ3) is 3.69. The first kappa shape index (κ1) is 18.8. The fraction of sp³-hybridized carbons (Fsp3) is 0.304. The highest BCUT2D eigenvalue weighted by Crippen LogP contribution is 2.30. The molecule has 4 rings (SSSR count). The highest BCUT2D eigenvalue weighted by Gasteiger charge is 2.24. The molecule has 0 bridgehead atoms. The van der Waals surface area contributed by atoms with Crippen LogP contribution in [0, 0.1) is 0 Å². The van der Waals surface area contributed by atoms with Crippen molar-refractivity contribution in [2.45, 2.75) is 45.1 Å². The molecule has 2 aromatic carbocycles. The van der Waals surface area contributed by atoms with Gasteiger partial charge in [-0.15, -0.1) is 0 Å². The van der Waals surface area contributed by atoms with Gasteiger partial charge in [0.05, 0.1) is 29.2 Å². The Morgan fingerprint density at radius 3 is 2.79 bits per heavy atom. The third-order valence-electron chi connectivity index (χ3n) is 5.35. The minimum atomic E-state index is -0.0506. The lowest BCUT2D eigenvalue weighted by atomic mass is 9.87. The molecular weight excluding hydrogens is 370 g/mol. The van der Waals surface area contributed by atoms with Crippen molar-refractivity contribution in [3.8, 4) is 5.69 Å². The number of amides is 1. The molecule has 3 aromatic rings. The fourth-order valence-corrected chi connectivity index (χ4v) is 4.11. The summed E-state index contributed by atoms with van der Waals surface area (Å²) >= 11 is 6.01. The monoisotopic (exact) mass is 393 g/mol. The third-order valence-corrected chi connectivity index (χ3v) is 5.60. The van der Waals surface area contributed by atoms with E-state index in [9.17, 15) is 4.79 Å². The van der Waals surface area contributed by atoms with Crippen LogP contribution in [0.1, 0.15) is 59.4 Å². The van der Waals surface area contributed by atoms with Crippen LogP contribution in [-0.2, 0) is 12.8 Å². The molecule has 1 heterocycles. The minimum Gasteiger partial charge on any atom is -0.345 e. The van der Waals surface area contributed by atoms with E-state index < -0.39 is 0 Å². The summed E-state index contributed by atoms with van der Waals surface area (Å²) in [6.07, 6.45) is 6.55. The molecule has 28 heavy (non-hydrogen) atoms. The van der Waals surface area contributed by atoms with E-state index in [1.54, 1.807) is 6.20 Å². The highest BCUT2D eigenvalue weighted by atomic mass is 35.5. The molecule has 1 N–H and O–H groups in total. The highest BCUT2D eigenvalue weighted by molar-refractivity contribution is 6.30. The lowest BCUT2D eigenvalue weighted by Gasteiger charge is -2.26. The normalized spacial score (nSPS) is 15.9. The van der Waals surface area contributed by atoms with E-state index in [4.69, 9.17) is 11.6 Å². The van der Waals surface area contributed by atoms with Gasteiger partial charge in [-0.25, -0.2) is 4.68 Å². The smallest absolute Gasteiger partial charge is 0.255 e. The van der Waals surface area contributed by atoms with Crippen molar-refractivity contribution in [2.75, 3.05) is 0 Å². The van der Waals surface area contributed by atoms with Crippen LogP contribution in [-0.4, -0.2) is 15.7 Å². The van der Waals surface area contributed by atoms with Gasteiger partial charge >= 0.3 is 0 Å². The quantitative estimate of drug-likeness (QED) is 0.640. The molecule has 0 radical (unpaired) electrons. The molecule has 0 saturated carbocycles. The van der Waals surface area contributed by atoms with Crippen LogP contribution in [0.5, 0.6) is 0 Å². The molecule has 0 saturated heterocycles. The summed E-state index contributed by atoms with van der Waals surface area (Å²) in [6, 6.07) is 16.0. The van der Waals surface area contributed by atoms with Gasteiger partial charge in [-0.2, -0.15) is 5.10 Å². The van der Waals surface area contributed by atoms with Crippen molar-refractivity contribution >= 4 is 17.5 Å². The Morgan fingerprint density at radius 2 is 2.00 bits per heavy atom. The molecule has 1 aliphatic rings. The number of carbonyl (C=O) groups excluding carboxylic acids is 1. The average Bonchev–Trinajstić information content (AvgIpc) is 3.13. The molecule has 0 aliphatic heterocycles. The van der Waals surface area contributed by atoms with E-state index in [1.165, 1.54) is 11.1 Å². The maximum absolute atomic E-state index is 13.1. The number of hydrogen-bond acceptors (Lipinski definition) is 2. The number of halogens is 1. The van der Waals surface area contributed by atoms with E-state index in [0.29, 0.717) is 10.6 Å². The Morgan fingerprint density at radius 1 is 1.21 bits per heavy atom. The molecule has 1 unspecified atom stereocenters. The van der Waals surface area contributed by atoms with Crippen LogP contribution in [0.4, 0.5) is 0 Å². The zero-order valence-corrected chi connectivity index (χ0v) is 16.7. The zero-order valence-electron chi connectivity index (χ0n) is 16.0. The van der Waals surface area contributed by atoms with E-state index in [0.717, 1.165) is 43.5 Å². The maximum Gasteiger partial charge on any atom is 0.255 e. The molecular formula is C23H24ClN3O. The Kier molecular flexibility index (Phi) is 5.49. The molecule has 5 heteroatoms. The molecule has 1 aromatic heterocycles. The lowest BCUT2D eigenvalue weighted by Crippen LogP contribution is -2.31. The van der Waals surface area contributed by atoms with Crippen molar-refractivity contribution in [3.63, 3.8) is 0 Å². The number of nitrogens with zero attached hydrogens (tertiary/aromatic N) is 2. The summed E-state index contributed by atoms with van der Waals surface area (Å²) in [5, 5.41) is 8.44. The molecule has 1 aliphatic carbocycles. The second-order valence-electron chi connectivity index (χ2n) is 7.26. The predicted octanol–water partition coefficient (Wildman–Crippen LogP) is 5.29. The van der Waals surface area contributed by atoms with Gasteiger partial charge in [0.1, 0.15) is 0 Å². The van der Waals surface area contributed by atoms with Gasteiger partial charge in [-0.05, 0) is 61.1 Å².